The molecule has 5 nitrogen and oxygen atoms in total. The highest BCUT2D eigenvalue weighted by Crippen LogP contribution is 2.21. The monoisotopic (exact) mass is 304 g/mol. The fourth-order valence-electron chi connectivity index (χ4n) is 1.90. The fraction of sp³-hybridized carbons (Fsp3) is 0.400. The molecule has 0 aliphatic heterocycles. The maximum Gasteiger partial charge on any atom is 0.230 e. The lowest BCUT2D eigenvalue weighted by Gasteiger charge is -2.20. The summed E-state index contributed by atoms with van der Waals surface area (Å²) in [5.74, 6) is 1.12. The van der Waals surface area contributed by atoms with Crippen LogP contribution in [-0.2, 0) is 4.79 Å². The zero-order valence-electron chi connectivity index (χ0n) is 12.8. The molecule has 0 aliphatic carbocycles. The smallest absolute Gasteiger partial charge is 0.230 e. The molecule has 0 aliphatic rings. The van der Waals surface area contributed by atoms with E-state index in [0.717, 1.165) is 16.7 Å². The third kappa shape index (κ3) is 4.32. The van der Waals surface area contributed by atoms with Crippen LogP contribution in [-0.4, -0.2) is 32.0 Å². The maximum absolute atomic E-state index is 11.9. The number of amides is 1. The zero-order chi connectivity index (χ0) is 15.5. The minimum atomic E-state index is -0.222. The van der Waals surface area contributed by atoms with Gasteiger partial charge in [-0.25, -0.2) is 0 Å². The lowest BCUT2D eigenvalue weighted by atomic mass is 10.1. The second-order valence-corrected chi connectivity index (χ2v) is 6.73. The quantitative estimate of drug-likeness (QED) is 0.882. The predicted octanol–water partition coefficient (Wildman–Crippen LogP) is 2.58. The summed E-state index contributed by atoms with van der Waals surface area (Å²) < 4.78 is 1.95. The number of nitrogens with zero attached hydrogens (tertiary/aromatic N) is 3. The second kappa shape index (κ2) is 6.30. The number of para-hydroxylation sites is 1. The Morgan fingerprint density at radius 2 is 1.90 bits per heavy atom. The number of nitrogens with one attached hydrogen (secondary N) is 1. The molecule has 2 rings (SSSR count). The van der Waals surface area contributed by atoms with Crippen molar-refractivity contribution in [3.8, 4) is 5.69 Å². The topological polar surface area (TPSA) is 59.8 Å². The first kappa shape index (κ1) is 15.6. The van der Waals surface area contributed by atoms with Crippen molar-refractivity contribution in [2.24, 2.45) is 0 Å². The third-order valence-electron chi connectivity index (χ3n) is 2.66. The number of carbonyl (C=O) groups excluding carboxylic acids is 1. The van der Waals surface area contributed by atoms with E-state index >= 15 is 0 Å². The van der Waals surface area contributed by atoms with Crippen molar-refractivity contribution in [2.75, 3.05) is 5.75 Å². The van der Waals surface area contributed by atoms with Gasteiger partial charge in [-0.3, -0.25) is 9.36 Å². The van der Waals surface area contributed by atoms with Crippen molar-refractivity contribution in [3.05, 3.63) is 36.2 Å². The standard InChI is InChI=1S/C15H20N4OS/c1-11-17-18-14(19(11)12-8-6-5-7-9-12)21-10-13(20)16-15(2,3)4/h5-9H,10H2,1-4H3,(H,16,20). The van der Waals surface area contributed by atoms with Crippen LogP contribution in [0.25, 0.3) is 5.69 Å². The first-order valence-electron chi connectivity index (χ1n) is 6.78. The van der Waals surface area contributed by atoms with Gasteiger partial charge in [0.1, 0.15) is 5.82 Å². The van der Waals surface area contributed by atoms with Crippen LogP contribution in [0.2, 0.25) is 0 Å². The number of carbonyl (C=O) groups is 1. The number of hydrogen-bond acceptors (Lipinski definition) is 4. The molecule has 0 atom stereocenters. The lowest BCUT2D eigenvalue weighted by Crippen LogP contribution is -2.41. The van der Waals surface area contributed by atoms with Gasteiger partial charge in [0.2, 0.25) is 5.91 Å². The Morgan fingerprint density at radius 3 is 2.52 bits per heavy atom. The second-order valence-electron chi connectivity index (χ2n) is 5.79. The molecule has 0 unspecified atom stereocenters. The largest absolute Gasteiger partial charge is 0.351 e. The van der Waals surface area contributed by atoms with Gasteiger partial charge in [-0.2, -0.15) is 0 Å². The van der Waals surface area contributed by atoms with Gasteiger partial charge >= 0.3 is 0 Å². The van der Waals surface area contributed by atoms with Crippen molar-refractivity contribution < 1.29 is 4.79 Å². The Balaban J connectivity index is 2.11. The predicted molar refractivity (Wildman–Crippen MR) is 84.7 cm³/mol. The summed E-state index contributed by atoms with van der Waals surface area (Å²) in [6.45, 7) is 7.80. The van der Waals surface area contributed by atoms with E-state index in [4.69, 9.17) is 0 Å². The van der Waals surface area contributed by atoms with Gasteiger partial charge in [-0.1, -0.05) is 30.0 Å². The average molecular weight is 304 g/mol. The lowest BCUT2D eigenvalue weighted by molar-refractivity contribution is -0.119. The van der Waals surface area contributed by atoms with Crippen LogP contribution in [0, 0.1) is 6.92 Å². The molecule has 112 valence electrons. The molecule has 1 N–H and O–H groups in total. The molecule has 0 bridgehead atoms. The van der Waals surface area contributed by atoms with Crippen molar-refractivity contribution in [3.63, 3.8) is 0 Å². The summed E-state index contributed by atoms with van der Waals surface area (Å²) in [6.07, 6.45) is 0. The van der Waals surface area contributed by atoms with Gasteiger partial charge in [0, 0.05) is 11.2 Å². The van der Waals surface area contributed by atoms with E-state index in [1.165, 1.54) is 11.8 Å². The van der Waals surface area contributed by atoms with Crippen molar-refractivity contribution in [1.82, 2.24) is 20.1 Å². The summed E-state index contributed by atoms with van der Waals surface area (Å²) in [4.78, 5) is 11.9. The van der Waals surface area contributed by atoms with Crippen LogP contribution in [0.3, 0.4) is 0 Å². The van der Waals surface area contributed by atoms with Crippen LogP contribution >= 0.6 is 11.8 Å². The number of aromatic nitrogens is 3. The maximum atomic E-state index is 11.9. The van der Waals surface area contributed by atoms with E-state index in [2.05, 4.69) is 15.5 Å². The van der Waals surface area contributed by atoms with Crippen molar-refractivity contribution in [2.45, 2.75) is 38.4 Å². The molecule has 0 saturated heterocycles. The number of thioether (sulfide) groups is 1. The summed E-state index contributed by atoms with van der Waals surface area (Å²) in [5, 5.41) is 11.9. The molecular weight excluding hydrogens is 284 g/mol. The first-order valence-corrected chi connectivity index (χ1v) is 7.76. The van der Waals surface area contributed by atoms with Crippen LogP contribution < -0.4 is 5.32 Å². The minimum Gasteiger partial charge on any atom is -0.351 e. The third-order valence-corrected chi connectivity index (χ3v) is 3.59. The number of rotatable bonds is 4. The van der Waals surface area contributed by atoms with Crippen molar-refractivity contribution in [1.29, 1.82) is 0 Å². The Bertz CT molecular complexity index is 616. The van der Waals surface area contributed by atoms with Gasteiger partial charge in [-0.15, -0.1) is 10.2 Å². The Kier molecular flexibility index (Phi) is 4.67. The number of benzene rings is 1. The van der Waals surface area contributed by atoms with E-state index in [9.17, 15) is 4.79 Å². The van der Waals surface area contributed by atoms with Crippen LogP contribution in [0.4, 0.5) is 0 Å². The zero-order valence-corrected chi connectivity index (χ0v) is 13.6. The van der Waals surface area contributed by atoms with Gasteiger partial charge in [0.15, 0.2) is 5.16 Å². The van der Waals surface area contributed by atoms with Crippen LogP contribution in [0.15, 0.2) is 35.5 Å². The highest BCUT2D eigenvalue weighted by atomic mass is 32.2. The van der Waals surface area contributed by atoms with Gasteiger partial charge < -0.3 is 5.32 Å². The van der Waals surface area contributed by atoms with Gasteiger partial charge in [-0.05, 0) is 39.8 Å². The van der Waals surface area contributed by atoms with Crippen LogP contribution in [0.1, 0.15) is 26.6 Å². The van der Waals surface area contributed by atoms with Crippen molar-refractivity contribution >= 4 is 17.7 Å². The summed E-state index contributed by atoms with van der Waals surface area (Å²) in [5.41, 5.74) is 0.777. The number of hydrogen-bond donors (Lipinski definition) is 1. The molecule has 1 aromatic carbocycles. The molecular formula is C15H20N4OS. The molecule has 1 aromatic heterocycles. The normalized spacial score (nSPS) is 11.4. The van der Waals surface area contributed by atoms with E-state index in [-0.39, 0.29) is 11.4 Å². The Hall–Kier alpha value is -1.82. The SMILES string of the molecule is Cc1nnc(SCC(=O)NC(C)(C)C)n1-c1ccccc1. The molecule has 1 heterocycles. The molecule has 2 aromatic rings. The fourth-order valence-corrected chi connectivity index (χ4v) is 2.69. The summed E-state index contributed by atoms with van der Waals surface area (Å²) >= 11 is 1.39. The van der Waals surface area contributed by atoms with E-state index in [1.807, 2.05) is 62.6 Å². The molecule has 0 saturated carbocycles. The van der Waals surface area contributed by atoms with E-state index in [0.29, 0.717) is 5.75 Å². The van der Waals surface area contributed by atoms with Gasteiger partial charge in [0.25, 0.3) is 0 Å². The molecule has 0 radical (unpaired) electrons. The van der Waals surface area contributed by atoms with Gasteiger partial charge in [0.05, 0.1) is 5.75 Å². The van der Waals surface area contributed by atoms with Crippen LogP contribution in [0.5, 0.6) is 0 Å². The average Bonchev–Trinajstić information content (AvgIpc) is 2.76. The molecule has 21 heavy (non-hydrogen) atoms. The molecule has 1 amide bonds. The van der Waals surface area contributed by atoms with E-state index in [1.54, 1.807) is 0 Å². The van der Waals surface area contributed by atoms with E-state index < -0.39 is 0 Å². The minimum absolute atomic E-state index is 0.00670. The first-order chi connectivity index (χ1) is 9.87. The Morgan fingerprint density at radius 1 is 1.24 bits per heavy atom. The molecule has 0 fully saturated rings. The highest BCUT2D eigenvalue weighted by Gasteiger charge is 2.16. The summed E-state index contributed by atoms with van der Waals surface area (Å²) in [7, 11) is 0. The molecule has 0 spiro atoms. The summed E-state index contributed by atoms with van der Waals surface area (Å²) in [6, 6.07) is 9.89. The molecule has 6 heteroatoms. The Labute approximate surface area is 129 Å². The highest BCUT2D eigenvalue weighted by molar-refractivity contribution is 7.99. The number of aryl methyl sites for hydroxylation is 1.